The van der Waals surface area contributed by atoms with Crippen molar-refractivity contribution in [3.8, 4) is 0 Å². The molecule has 6 rings (SSSR count). The van der Waals surface area contributed by atoms with E-state index in [-0.39, 0.29) is 41.4 Å². The smallest absolute Gasteiger partial charge is 0.247 e. The lowest BCUT2D eigenvalue weighted by Crippen LogP contribution is -2.46. The first-order valence-corrected chi connectivity index (χ1v) is 9.82. The van der Waals surface area contributed by atoms with Gasteiger partial charge in [0.1, 0.15) is 6.04 Å². The molecule has 0 radical (unpaired) electrons. The molecule has 7 atom stereocenters. The zero-order chi connectivity index (χ0) is 19.0. The van der Waals surface area contributed by atoms with Crippen molar-refractivity contribution in [2.24, 2.45) is 35.5 Å². The number of hydrogen-bond acceptors (Lipinski definition) is 3. The van der Waals surface area contributed by atoms with E-state index in [1.165, 1.54) is 4.90 Å². The van der Waals surface area contributed by atoms with Crippen LogP contribution in [0.4, 0.5) is 5.69 Å². The summed E-state index contributed by atoms with van der Waals surface area (Å²) >= 11 is 0. The van der Waals surface area contributed by atoms with E-state index in [1.54, 1.807) is 6.92 Å². The highest BCUT2D eigenvalue weighted by Crippen LogP contribution is 2.65. The van der Waals surface area contributed by atoms with Gasteiger partial charge in [0.2, 0.25) is 17.7 Å². The van der Waals surface area contributed by atoms with Crippen molar-refractivity contribution in [3.63, 3.8) is 0 Å². The normalized spacial score (nSPS) is 36.5. The van der Waals surface area contributed by atoms with Crippen LogP contribution in [0.3, 0.4) is 0 Å². The maximum absolute atomic E-state index is 13.1. The Hall–Kier alpha value is -2.43. The van der Waals surface area contributed by atoms with Gasteiger partial charge in [-0.1, -0.05) is 24.3 Å². The topological polar surface area (TPSA) is 66.5 Å². The highest BCUT2D eigenvalue weighted by molar-refractivity contribution is 6.10. The van der Waals surface area contributed by atoms with E-state index in [1.807, 2.05) is 32.0 Å². The van der Waals surface area contributed by atoms with Crippen LogP contribution in [-0.2, 0) is 14.4 Å². The Morgan fingerprint density at radius 1 is 1.07 bits per heavy atom. The summed E-state index contributed by atoms with van der Waals surface area (Å²) in [5.41, 5.74) is 2.73. The fourth-order valence-corrected chi connectivity index (χ4v) is 5.59. The van der Waals surface area contributed by atoms with Gasteiger partial charge in [0.15, 0.2) is 0 Å². The van der Waals surface area contributed by atoms with Crippen molar-refractivity contribution in [1.29, 1.82) is 0 Å². The fourth-order valence-electron chi connectivity index (χ4n) is 5.59. The number of anilines is 1. The van der Waals surface area contributed by atoms with Crippen LogP contribution in [0, 0.1) is 49.4 Å². The van der Waals surface area contributed by atoms with Crippen molar-refractivity contribution < 1.29 is 14.4 Å². The van der Waals surface area contributed by atoms with Crippen molar-refractivity contribution >= 4 is 23.4 Å². The Balaban J connectivity index is 1.39. The first-order chi connectivity index (χ1) is 12.9. The molecule has 140 valence electrons. The molecule has 5 heteroatoms. The van der Waals surface area contributed by atoms with Gasteiger partial charge in [0.05, 0.1) is 11.8 Å². The summed E-state index contributed by atoms with van der Waals surface area (Å²) < 4.78 is 0. The number of amides is 3. The zero-order valence-corrected chi connectivity index (χ0v) is 15.8. The molecule has 0 unspecified atom stereocenters. The SMILES string of the molecule is Cc1ccc(C)c(NC(=O)[C@@H](C)N2C(=O)[C@@H]3[C@@H]4C=C[C@H]([C@H]5C[C@H]45)[C@@H]3C2=O)c1. The van der Waals surface area contributed by atoms with Gasteiger partial charge in [-0.05, 0) is 68.1 Å². The van der Waals surface area contributed by atoms with E-state index in [9.17, 15) is 14.4 Å². The van der Waals surface area contributed by atoms with E-state index in [0.29, 0.717) is 11.8 Å². The number of hydrogen-bond donors (Lipinski definition) is 1. The summed E-state index contributed by atoms with van der Waals surface area (Å²) in [5.74, 6) is 0.362. The number of nitrogens with zero attached hydrogens (tertiary/aromatic N) is 1. The Morgan fingerprint density at radius 2 is 1.67 bits per heavy atom. The van der Waals surface area contributed by atoms with Crippen LogP contribution in [0.1, 0.15) is 24.5 Å². The number of aryl methyl sites for hydroxylation is 2. The van der Waals surface area contributed by atoms with Gasteiger partial charge in [-0.2, -0.15) is 0 Å². The molecule has 5 nitrogen and oxygen atoms in total. The number of imide groups is 1. The molecule has 1 aromatic carbocycles. The largest absolute Gasteiger partial charge is 0.324 e. The average Bonchev–Trinajstić information content (AvgIpc) is 3.42. The molecule has 2 bridgehead atoms. The highest BCUT2D eigenvalue weighted by atomic mass is 16.2. The number of nitrogens with one attached hydrogen (secondary N) is 1. The third kappa shape index (κ3) is 2.27. The van der Waals surface area contributed by atoms with Crippen molar-refractivity contribution in [2.45, 2.75) is 33.2 Å². The Kier molecular flexibility index (Phi) is 3.43. The maximum atomic E-state index is 13.1. The molecule has 3 fully saturated rings. The van der Waals surface area contributed by atoms with Crippen LogP contribution in [0.15, 0.2) is 30.4 Å². The minimum atomic E-state index is -0.800. The Labute approximate surface area is 158 Å². The molecule has 1 N–H and O–H groups in total. The van der Waals surface area contributed by atoms with Crippen LogP contribution in [-0.4, -0.2) is 28.7 Å². The second kappa shape index (κ2) is 5.54. The van der Waals surface area contributed by atoms with Gasteiger partial charge >= 0.3 is 0 Å². The lowest BCUT2D eigenvalue weighted by molar-refractivity contribution is -0.146. The van der Waals surface area contributed by atoms with Gasteiger partial charge in [0.25, 0.3) is 0 Å². The Bertz CT molecular complexity index is 869. The third-order valence-corrected chi connectivity index (χ3v) is 7.11. The van der Waals surface area contributed by atoms with Gasteiger partial charge in [-0.3, -0.25) is 19.3 Å². The predicted molar refractivity (Wildman–Crippen MR) is 101 cm³/mol. The van der Waals surface area contributed by atoms with E-state index < -0.39 is 6.04 Å². The lowest BCUT2D eigenvalue weighted by Gasteiger charge is -2.37. The second-order valence-corrected chi connectivity index (χ2v) is 8.68. The quantitative estimate of drug-likeness (QED) is 0.662. The lowest BCUT2D eigenvalue weighted by atomic mass is 9.63. The predicted octanol–water partition coefficient (Wildman–Crippen LogP) is 2.68. The van der Waals surface area contributed by atoms with Crippen LogP contribution in [0.5, 0.6) is 0 Å². The molecule has 1 heterocycles. The van der Waals surface area contributed by atoms with Gasteiger partial charge in [0, 0.05) is 5.69 Å². The van der Waals surface area contributed by atoms with E-state index in [0.717, 1.165) is 23.2 Å². The number of benzene rings is 1. The number of carbonyl (C=O) groups excluding carboxylic acids is 3. The number of likely N-dealkylation sites (tertiary alicyclic amines) is 1. The van der Waals surface area contributed by atoms with Crippen LogP contribution < -0.4 is 5.32 Å². The molecular formula is C22H24N2O3. The van der Waals surface area contributed by atoms with Crippen molar-refractivity contribution in [2.75, 3.05) is 5.32 Å². The van der Waals surface area contributed by atoms with Crippen LogP contribution in [0.2, 0.25) is 0 Å². The molecule has 3 amide bonds. The number of rotatable bonds is 3. The van der Waals surface area contributed by atoms with Crippen molar-refractivity contribution in [1.82, 2.24) is 4.90 Å². The van der Waals surface area contributed by atoms with Gasteiger partial charge in [-0.25, -0.2) is 0 Å². The van der Waals surface area contributed by atoms with Gasteiger partial charge < -0.3 is 5.32 Å². The molecule has 1 aromatic rings. The minimum Gasteiger partial charge on any atom is -0.324 e. The minimum absolute atomic E-state index is 0.154. The first kappa shape index (κ1) is 16.7. The molecular weight excluding hydrogens is 340 g/mol. The van der Waals surface area contributed by atoms with E-state index in [2.05, 4.69) is 17.5 Å². The standard InChI is InChI=1S/C22H24N2O3/c1-10-4-5-11(2)17(8-10)23-20(25)12(3)24-21(26)18-13-6-7-14(16-9-15(13)16)19(18)22(24)27/h4-8,12-16,18-19H,9H2,1-3H3,(H,23,25)/t12-,13-,14-,15-,16-,18-,19+/m1/s1. The Morgan fingerprint density at radius 3 is 2.26 bits per heavy atom. The summed E-state index contributed by atoms with van der Waals surface area (Å²) in [4.78, 5) is 40.3. The second-order valence-electron chi connectivity index (χ2n) is 8.68. The third-order valence-electron chi connectivity index (χ3n) is 7.11. The maximum Gasteiger partial charge on any atom is 0.247 e. The molecule has 0 spiro atoms. The van der Waals surface area contributed by atoms with E-state index >= 15 is 0 Å². The first-order valence-electron chi connectivity index (χ1n) is 9.82. The summed E-state index contributed by atoms with van der Waals surface area (Å²) in [7, 11) is 0. The summed E-state index contributed by atoms with van der Waals surface area (Å²) in [6.07, 6.45) is 5.43. The molecule has 0 aromatic heterocycles. The molecule has 1 saturated heterocycles. The number of carbonyl (C=O) groups is 3. The summed E-state index contributed by atoms with van der Waals surface area (Å²) in [6, 6.07) is 5.05. The average molecular weight is 364 g/mol. The van der Waals surface area contributed by atoms with Crippen LogP contribution >= 0.6 is 0 Å². The molecule has 4 aliphatic carbocycles. The fraction of sp³-hybridized carbons (Fsp3) is 0.500. The molecule has 5 aliphatic rings. The molecule has 2 saturated carbocycles. The van der Waals surface area contributed by atoms with Crippen LogP contribution in [0.25, 0.3) is 0 Å². The van der Waals surface area contributed by atoms with E-state index in [4.69, 9.17) is 0 Å². The highest BCUT2D eigenvalue weighted by Gasteiger charge is 2.67. The summed E-state index contributed by atoms with van der Waals surface area (Å²) in [5, 5.41) is 2.91. The zero-order valence-electron chi connectivity index (χ0n) is 15.8. The molecule has 27 heavy (non-hydrogen) atoms. The molecule has 1 aliphatic heterocycles. The summed E-state index contributed by atoms with van der Waals surface area (Å²) in [6.45, 7) is 5.55. The van der Waals surface area contributed by atoms with Crippen molar-refractivity contribution in [3.05, 3.63) is 41.5 Å². The monoisotopic (exact) mass is 364 g/mol. The number of allylic oxidation sites excluding steroid dienone is 2. The van der Waals surface area contributed by atoms with Gasteiger partial charge in [-0.15, -0.1) is 0 Å².